The second kappa shape index (κ2) is 14.8. The Kier molecular flexibility index (Phi) is 11.7. The van der Waals surface area contributed by atoms with Gasteiger partial charge in [-0.25, -0.2) is 8.42 Å². The zero-order valence-electron chi connectivity index (χ0n) is 29.3. The molecule has 0 N–H and O–H groups in total. The molecule has 4 nitrogen and oxygen atoms in total. The van der Waals surface area contributed by atoms with Crippen molar-refractivity contribution >= 4 is 26.8 Å². The lowest BCUT2D eigenvalue weighted by Crippen LogP contribution is -2.42. The monoisotopic (exact) mass is 662 g/mol. The fraction of sp³-hybridized carbons (Fsp3) is 0.525. The zero-order valence-corrected chi connectivity index (χ0v) is 30.9. The van der Waals surface area contributed by atoms with Gasteiger partial charge in [-0.3, -0.25) is 4.79 Å². The van der Waals surface area contributed by atoms with Crippen LogP contribution in [0.1, 0.15) is 108 Å². The van der Waals surface area contributed by atoms with Crippen LogP contribution in [0.3, 0.4) is 0 Å². The molecule has 2 unspecified atom stereocenters. The molecule has 0 heterocycles. The second-order valence-electron chi connectivity index (χ2n) is 13.6. The smallest absolute Gasteiger partial charge is 0.172 e. The Hall–Kier alpha value is -2.41. The van der Waals surface area contributed by atoms with E-state index < -0.39 is 21.3 Å². The van der Waals surface area contributed by atoms with Crippen LogP contribution in [0, 0.1) is 16.7 Å². The molecule has 2 aliphatic carbocycles. The average Bonchev–Trinajstić information content (AvgIpc) is 3.39. The molecule has 3 aromatic carbocycles. The minimum Gasteiger partial charge on any atom is -0.748 e. The Balaban J connectivity index is 0.000000266. The molecule has 0 aliphatic heterocycles. The van der Waals surface area contributed by atoms with Crippen molar-refractivity contribution in [3.8, 4) is 0 Å². The Bertz CT molecular complexity index is 1530. The summed E-state index contributed by atoms with van der Waals surface area (Å²) in [5.41, 5.74) is 7.86. The molecule has 0 amide bonds. The zero-order chi connectivity index (χ0) is 33.9. The summed E-state index contributed by atoms with van der Waals surface area (Å²) in [6.07, 6.45) is 8.42. The van der Waals surface area contributed by atoms with Gasteiger partial charge < -0.3 is 4.55 Å². The van der Waals surface area contributed by atoms with Crippen LogP contribution in [0.5, 0.6) is 0 Å². The van der Waals surface area contributed by atoms with Gasteiger partial charge in [-0.2, -0.15) is 0 Å². The van der Waals surface area contributed by atoms with Crippen molar-refractivity contribution in [1.29, 1.82) is 0 Å². The lowest BCUT2D eigenvalue weighted by Gasteiger charge is -2.37. The third-order valence-corrected chi connectivity index (χ3v) is 14.3. The van der Waals surface area contributed by atoms with Gasteiger partial charge in [-0.05, 0) is 86.0 Å². The first-order chi connectivity index (χ1) is 21.8. The molecule has 0 radical (unpaired) electrons. The van der Waals surface area contributed by atoms with Crippen LogP contribution >= 0.6 is 0 Å². The van der Waals surface area contributed by atoms with Crippen LogP contribution in [0.25, 0.3) is 0 Å². The van der Waals surface area contributed by atoms with Crippen LogP contribution in [0.4, 0.5) is 0 Å². The number of hydrogen-bond acceptors (Lipinski definition) is 4. The van der Waals surface area contributed by atoms with Gasteiger partial charge in [-0.1, -0.05) is 97.9 Å². The molecule has 2 saturated carbocycles. The number of rotatable bonds is 11. The van der Waals surface area contributed by atoms with Gasteiger partial charge in [0.05, 0.1) is 15.9 Å². The van der Waals surface area contributed by atoms with Crippen molar-refractivity contribution in [2.45, 2.75) is 128 Å². The van der Waals surface area contributed by atoms with Gasteiger partial charge in [-0.15, -0.1) is 0 Å². The number of ketones is 1. The summed E-state index contributed by atoms with van der Waals surface area (Å²) in [5.74, 6) is -0.280. The Labute approximate surface area is 281 Å². The van der Waals surface area contributed by atoms with Crippen molar-refractivity contribution in [1.82, 2.24) is 0 Å². The number of hydrogen-bond donors (Lipinski definition) is 0. The first-order valence-corrected chi connectivity index (χ1v) is 20.2. The quantitative estimate of drug-likeness (QED) is 0.152. The second-order valence-corrected chi connectivity index (χ2v) is 16.9. The van der Waals surface area contributed by atoms with E-state index in [4.69, 9.17) is 0 Å². The molecule has 0 saturated heterocycles. The van der Waals surface area contributed by atoms with E-state index in [1.165, 1.54) is 38.3 Å². The maximum absolute atomic E-state index is 11.8. The van der Waals surface area contributed by atoms with E-state index in [9.17, 15) is 17.8 Å². The summed E-state index contributed by atoms with van der Waals surface area (Å²) in [6.45, 7) is 17.7. The largest absolute Gasteiger partial charge is 0.748 e. The number of benzene rings is 3. The number of carbonyl (C=O) groups is 1. The van der Waals surface area contributed by atoms with E-state index in [-0.39, 0.29) is 28.0 Å². The highest BCUT2D eigenvalue weighted by Crippen LogP contribution is 2.64. The van der Waals surface area contributed by atoms with E-state index in [1.54, 1.807) is 9.79 Å². The van der Waals surface area contributed by atoms with Gasteiger partial charge in [0.2, 0.25) is 0 Å². The molecule has 0 aromatic heterocycles. The molecule has 2 atom stereocenters. The van der Waals surface area contributed by atoms with Crippen molar-refractivity contribution in [3.05, 3.63) is 88.0 Å². The fourth-order valence-corrected chi connectivity index (χ4v) is 12.2. The standard InChI is InChI=1S/C30H39S.C10H16O4S/c1-7-22-18-24(9-3)29(25(10-4)19-22)31(28-16-14-13-15-17-28)30-26(11-5)20-23(8-2)21-27(30)12-6;1-9(2)7-3-4-10(9,8(11)5-7)6-15(12,13)14/h13-21H,7-12H2,1-6H3;7H,3-6H2,1-2H3,(H,12,13,14)/q+1;/p-1. The molecular formula is C40H54O4S2. The van der Waals surface area contributed by atoms with Crippen molar-refractivity contribution in [2.24, 2.45) is 16.7 Å². The maximum Gasteiger partial charge on any atom is 0.172 e. The summed E-state index contributed by atoms with van der Waals surface area (Å²) >= 11 is 0. The predicted octanol–water partition coefficient (Wildman–Crippen LogP) is 9.08. The summed E-state index contributed by atoms with van der Waals surface area (Å²) in [5, 5.41) is 0. The molecule has 2 fully saturated rings. The molecule has 2 aliphatic rings. The van der Waals surface area contributed by atoms with Crippen LogP contribution in [0.2, 0.25) is 0 Å². The number of aryl methyl sites for hydroxylation is 6. The molecule has 6 heteroatoms. The van der Waals surface area contributed by atoms with E-state index in [0.717, 1.165) is 44.9 Å². The van der Waals surface area contributed by atoms with Gasteiger partial charge in [0, 0.05) is 34.1 Å². The van der Waals surface area contributed by atoms with Crippen LogP contribution < -0.4 is 0 Å². The molecule has 0 spiro atoms. The molecule has 5 rings (SSSR count). The van der Waals surface area contributed by atoms with Crippen molar-refractivity contribution in [3.63, 3.8) is 0 Å². The van der Waals surface area contributed by atoms with Crippen molar-refractivity contribution < 1.29 is 17.8 Å². The molecule has 2 bridgehead atoms. The van der Waals surface area contributed by atoms with Crippen molar-refractivity contribution in [2.75, 3.05) is 5.75 Å². The van der Waals surface area contributed by atoms with Gasteiger partial charge in [0.1, 0.15) is 16.7 Å². The Morgan fingerprint density at radius 2 is 1.17 bits per heavy atom. The molecule has 3 aromatic rings. The first-order valence-electron chi connectivity index (χ1n) is 17.4. The van der Waals surface area contributed by atoms with Crippen LogP contribution in [0.15, 0.2) is 69.3 Å². The van der Waals surface area contributed by atoms with Gasteiger partial charge in [0.25, 0.3) is 0 Å². The number of carbonyl (C=O) groups excluding carboxylic acids is 1. The average molecular weight is 663 g/mol. The number of Topliss-reactive ketones (excluding diaryl/α,β-unsaturated/α-hetero) is 1. The van der Waals surface area contributed by atoms with Gasteiger partial charge in [0.15, 0.2) is 14.7 Å². The highest BCUT2D eigenvalue weighted by Gasteiger charge is 2.64. The van der Waals surface area contributed by atoms with E-state index in [1.807, 2.05) is 13.8 Å². The summed E-state index contributed by atoms with van der Waals surface area (Å²) in [4.78, 5) is 16.5. The minimum atomic E-state index is -4.33. The molecule has 46 heavy (non-hydrogen) atoms. The van der Waals surface area contributed by atoms with E-state index in [0.29, 0.717) is 12.8 Å². The highest BCUT2D eigenvalue weighted by molar-refractivity contribution is 7.97. The summed E-state index contributed by atoms with van der Waals surface area (Å²) < 4.78 is 32.7. The minimum absolute atomic E-state index is 0.0248. The lowest BCUT2D eigenvalue weighted by atomic mass is 9.70. The normalized spacial score (nSPS) is 20.2. The highest BCUT2D eigenvalue weighted by atomic mass is 32.2. The van der Waals surface area contributed by atoms with E-state index >= 15 is 0 Å². The maximum atomic E-state index is 11.8. The number of fused-ring (bicyclic) bond motifs is 2. The topological polar surface area (TPSA) is 74.3 Å². The van der Waals surface area contributed by atoms with Gasteiger partial charge >= 0.3 is 0 Å². The molecular weight excluding hydrogens is 609 g/mol. The fourth-order valence-electron chi connectivity index (χ4n) is 7.94. The summed E-state index contributed by atoms with van der Waals surface area (Å²) in [6, 6.07) is 21.2. The third-order valence-electron chi connectivity index (χ3n) is 10.9. The van der Waals surface area contributed by atoms with Crippen LogP contribution in [-0.2, 0) is 64.3 Å². The first kappa shape index (κ1) is 36.4. The predicted molar refractivity (Wildman–Crippen MR) is 191 cm³/mol. The van der Waals surface area contributed by atoms with Crippen LogP contribution in [-0.4, -0.2) is 24.5 Å². The Morgan fingerprint density at radius 1 is 0.739 bits per heavy atom. The molecule has 250 valence electrons. The lowest BCUT2D eigenvalue weighted by molar-refractivity contribution is -0.128. The summed E-state index contributed by atoms with van der Waals surface area (Å²) in [7, 11) is -4.41. The Morgan fingerprint density at radius 3 is 1.48 bits per heavy atom. The third kappa shape index (κ3) is 7.05. The van der Waals surface area contributed by atoms with E-state index in [2.05, 4.69) is 96.1 Å². The SMILES string of the molecule is CC1(C)C2CCC1(CS(=O)(=O)[O-])C(=O)C2.CCc1cc(CC)c([S+](c2ccccc2)c2c(CC)cc(CC)cc2CC)c(CC)c1.